The van der Waals surface area contributed by atoms with Crippen molar-refractivity contribution >= 4 is 5.91 Å². The minimum atomic E-state index is -0.226. The van der Waals surface area contributed by atoms with Gasteiger partial charge in [-0.3, -0.25) is 4.79 Å². The first-order chi connectivity index (χ1) is 10.4. The second kappa shape index (κ2) is 5.31. The Morgan fingerprint density at radius 2 is 1.73 bits per heavy atom. The van der Waals surface area contributed by atoms with Crippen molar-refractivity contribution < 1.29 is 9.53 Å². The van der Waals surface area contributed by atoms with Crippen molar-refractivity contribution in [3.63, 3.8) is 0 Å². The van der Waals surface area contributed by atoms with Crippen molar-refractivity contribution in [3.05, 3.63) is 59.4 Å². The Hall–Kier alpha value is -2.03. The van der Waals surface area contributed by atoms with Gasteiger partial charge in [-0.2, -0.15) is 0 Å². The predicted molar refractivity (Wildman–Crippen MR) is 87.2 cm³/mol. The number of amides is 1. The second-order valence-corrected chi connectivity index (χ2v) is 7.09. The fourth-order valence-corrected chi connectivity index (χ4v) is 3.38. The van der Waals surface area contributed by atoms with Gasteiger partial charge in [0.2, 0.25) is 5.91 Å². The Balaban J connectivity index is 1.88. The molecule has 0 aromatic heterocycles. The highest BCUT2D eigenvalue weighted by molar-refractivity contribution is 5.96. The minimum Gasteiger partial charge on any atom is -0.501 e. The molecule has 1 amide bonds. The number of allylic oxidation sites excluding steroid dienone is 3. The Labute approximate surface area is 132 Å². The summed E-state index contributed by atoms with van der Waals surface area (Å²) in [6.07, 6.45) is 3.87. The van der Waals surface area contributed by atoms with Gasteiger partial charge < -0.3 is 10.1 Å². The van der Waals surface area contributed by atoms with Gasteiger partial charge in [0, 0.05) is 28.9 Å². The maximum absolute atomic E-state index is 12.6. The molecular formula is C19H23NO2. The molecule has 1 aromatic carbocycles. The lowest BCUT2D eigenvalue weighted by atomic mass is 10.00. The molecule has 22 heavy (non-hydrogen) atoms. The molecule has 2 aliphatic carbocycles. The van der Waals surface area contributed by atoms with Gasteiger partial charge in [-0.05, 0) is 38.5 Å². The van der Waals surface area contributed by atoms with Crippen LogP contribution in [-0.2, 0) is 9.53 Å². The summed E-state index contributed by atoms with van der Waals surface area (Å²) in [6, 6.07) is 10.4. The predicted octanol–water partition coefficient (Wildman–Crippen LogP) is 3.40. The minimum absolute atomic E-state index is 0.0346. The Morgan fingerprint density at radius 1 is 1.05 bits per heavy atom. The number of carbonyl (C=O) groups is 1. The lowest BCUT2D eigenvalue weighted by molar-refractivity contribution is -0.119. The molecule has 1 N–H and O–H groups in total. The van der Waals surface area contributed by atoms with Crippen LogP contribution in [0.2, 0.25) is 0 Å². The highest BCUT2D eigenvalue weighted by Gasteiger charge is 2.58. The maximum Gasteiger partial charge on any atom is 0.247 e. The van der Waals surface area contributed by atoms with Gasteiger partial charge in [0.05, 0.1) is 12.9 Å². The van der Waals surface area contributed by atoms with E-state index in [0.717, 1.165) is 11.3 Å². The monoisotopic (exact) mass is 297 g/mol. The van der Waals surface area contributed by atoms with Crippen LogP contribution in [0, 0.1) is 11.8 Å². The molecule has 3 atom stereocenters. The quantitative estimate of drug-likeness (QED) is 0.928. The first-order valence-corrected chi connectivity index (χ1v) is 7.75. The van der Waals surface area contributed by atoms with Crippen molar-refractivity contribution in [2.75, 3.05) is 7.11 Å². The van der Waals surface area contributed by atoms with Gasteiger partial charge >= 0.3 is 0 Å². The molecule has 1 aromatic rings. The van der Waals surface area contributed by atoms with Crippen LogP contribution in [0.4, 0.5) is 0 Å². The topological polar surface area (TPSA) is 38.3 Å². The van der Waals surface area contributed by atoms with Crippen LogP contribution < -0.4 is 5.32 Å². The van der Waals surface area contributed by atoms with Gasteiger partial charge in [0.25, 0.3) is 0 Å². The van der Waals surface area contributed by atoms with E-state index in [0.29, 0.717) is 5.92 Å². The molecule has 0 radical (unpaired) electrons. The number of fused-ring (bicyclic) bond motifs is 1. The van der Waals surface area contributed by atoms with E-state index in [9.17, 15) is 4.79 Å². The summed E-state index contributed by atoms with van der Waals surface area (Å²) in [5, 5.41) is 3.07. The zero-order valence-corrected chi connectivity index (χ0v) is 13.6. The summed E-state index contributed by atoms with van der Waals surface area (Å²) in [7, 11) is 1.71. The zero-order chi connectivity index (χ0) is 15.9. The molecule has 0 spiro atoms. The van der Waals surface area contributed by atoms with Gasteiger partial charge in [-0.25, -0.2) is 0 Å². The summed E-state index contributed by atoms with van der Waals surface area (Å²) in [5.41, 5.74) is 1.92. The Kier molecular flexibility index (Phi) is 3.59. The zero-order valence-electron chi connectivity index (χ0n) is 13.6. The van der Waals surface area contributed by atoms with Gasteiger partial charge in [0.15, 0.2) is 0 Å². The van der Waals surface area contributed by atoms with E-state index in [4.69, 9.17) is 4.74 Å². The van der Waals surface area contributed by atoms with Crippen molar-refractivity contribution in [2.24, 2.45) is 11.8 Å². The molecule has 3 nitrogen and oxygen atoms in total. The molecule has 3 unspecified atom stereocenters. The van der Waals surface area contributed by atoms with Crippen LogP contribution in [0.3, 0.4) is 0 Å². The molecule has 2 aliphatic rings. The third kappa shape index (κ3) is 2.68. The molecule has 0 aliphatic heterocycles. The van der Waals surface area contributed by atoms with E-state index >= 15 is 0 Å². The summed E-state index contributed by atoms with van der Waals surface area (Å²) in [6.45, 7) is 6.01. The van der Waals surface area contributed by atoms with Crippen molar-refractivity contribution in [3.8, 4) is 0 Å². The number of carbonyl (C=O) groups excluding carboxylic acids is 1. The normalized spacial score (nSPS) is 26.5. The first kappa shape index (κ1) is 14.9. The smallest absolute Gasteiger partial charge is 0.247 e. The van der Waals surface area contributed by atoms with E-state index in [-0.39, 0.29) is 23.3 Å². The third-order valence-corrected chi connectivity index (χ3v) is 4.31. The number of hydrogen-bond acceptors (Lipinski definition) is 2. The lowest BCUT2D eigenvalue weighted by Crippen LogP contribution is -2.42. The summed E-state index contributed by atoms with van der Waals surface area (Å²) in [5.74, 6) is 1.87. The molecule has 3 heteroatoms. The summed E-state index contributed by atoms with van der Waals surface area (Å²) in [4.78, 5) is 12.6. The van der Waals surface area contributed by atoms with Gasteiger partial charge in [-0.15, -0.1) is 0 Å². The highest BCUT2D eigenvalue weighted by Crippen LogP contribution is 2.62. The van der Waals surface area contributed by atoms with Crippen LogP contribution >= 0.6 is 0 Å². The molecule has 1 saturated carbocycles. The van der Waals surface area contributed by atoms with Gasteiger partial charge in [-0.1, -0.05) is 30.3 Å². The number of nitrogens with one attached hydrogen (secondary N) is 1. The van der Waals surface area contributed by atoms with Gasteiger partial charge in [0.1, 0.15) is 0 Å². The van der Waals surface area contributed by atoms with Crippen molar-refractivity contribution in [1.29, 1.82) is 0 Å². The molecule has 0 heterocycles. The number of hydrogen-bond donors (Lipinski definition) is 1. The van der Waals surface area contributed by atoms with Crippen LogP contribution in [0.1, 0.15) is 32.3 Å². The lowest BCUT2D eigenvalue weighted by Gasteiger charge is -2.22. The number of benzene rings is 1. The van der Waals surface area contributed by atoms with E-state index in [1.165, 1.54) is 5.56 Å². The summed E-state index contributed by atoms with van der Waals surface area (Å²) >= 11 is 0. The van der Waals surface area contributed by atoms with Crippen molar-refractivity contribution in [1.82, 2.24) is 5.32 Å². The molecule has 1 fully saturated rings. The number of ether oxygens (including phenoxy) is 1. The van der Waals surface area contributed by atoms with E-state index in [1.807, 2.05) is 39.0 Å². The molecule has 116 valence electrons. The molecule has 0 bridgehead atoms. The fourth-order valence-electron chi connectivity index (χ4n) is 3.38. The van der Waals surface area contributed by atoms with Crippen molar-refractivity contribution in [2.45, 2.75) is 32.2 Å². The highest BCUT2D eigenvalue weighted by atomic mass is 16.5. The molecule has 0 saturated heterocycles. The number of methoxy groups -OCH3 is 1. The Morgan fingerprint density at radius 3 is 2.32 bits per heavy atom. The van der Waals surface area contributed by atoms with Crippen LogP contribution in [0.25, 0.3) is 0 Å². The third-order valence-electron chi connectivity index (χ3n) is 4.31. The Bertz CT molecular complexity index is 637. The SMILES string of the molecule is COC1=CC=C(C(=O)NC(C)(C)C)C2C1C2c1ccccc1. The van der Waals surface area contributed by atoms with Crippen LogP contribution in [-0.4, -0.2) is 18.6 Å². The molecular weight excluding hydrogens is 274 g/mol. The molecule has 3 rings (SSSR count). The second-order valence-electron chi connectivity index (χ2n) is 7.09. The first-order valence-electron chi connectivity index (χ1n) is 7.75. The van der Waals surface area contributed by atoms with Crippen LogP contribution in [0.5, 0.6) is 0 Å². The standard InChI is InChI=1S/C19H23NO2/c1-19(2,3)20-18(21)13-10-11-14(22-4)17-15(16(13)17)12-8-6-5-7-9-12/h5-11,15-17H,1-4H3,(H,20,21). The average molecular weight is 297 g/mol. The number of rotatable bonds is 3. The largest absolute Gasteiger partial charge is 0.501 e. The van der Waals surface area contributed by atoms with E-state index in [2.05, 4.69) is 29.6 Å². The average Bonchev–Trinajstić information content (AvgIpc) is 3.20. The fraction of sp³-hybridized carbons (Fsp3) is 0.421. The van der Waals surface area contributed by atoms with E-state index in [1.54, 1.807) is 7.11 Å². The summed E-state index contributed by atoms with van der Waals surface area (Å²) < 4.78 is 5.51. The van der Waals surface area contributed by atoms with Crippen LogP contribution in [0.15, 0.2) is 53.8 Å². The van der Waals surface area contributed by atoms with E-state index < -0.39 is 0 Å². The maximum atomic E-state index is 12.6.